The molecule has 0 amide bonds. The number of halogens is 1. The molecule has 0 heterocycles. The van der Waals surface area contributed by atoms with E-state index >= 15 is 0 Å². The molecule has 0 spiro atoms. The molecule has 6 heteroatoms. The molecule has 102 valence electrons. The summed E-state index contributed by atoms with van der Waals surface area (Å²) in [6, 6.07) is 6.86. The fourth-order valence-electron chi connectivity index (χ4n) is 1.81. The lowest BCUT2D eigenvalue weighted by Gasteiger charge is -2.37. The second kappa shape index (κ2) is 6.07. The molecule has 5 nitrogen and oxygen atoms in total. The molecule has 0 saturated carbocycles. The van der Waals surface area contributed by atoms with Crippen LogP contribution in [0.2, 0.25) is 0 Å². The van der Waals surface area contributed by atoms with E-state index < -0.39 is 17.8 Å². The lowest BCUT2D eigenvalue weighted by Crippen LogP contribution is -3.00. The third-order valence-corrected chi connectivity index (χ3v) is 2.45. The molecule has 0 aliphatic carbocycles. The highest BCUT2D eigenvalue weighted by molar-refractivity contribution is 5.99. The summed E-state index contributed by atoms with van der Waals surface area (Å²) >= 11 is 0. The Bertz CT molecular complexity index is 381. The molecule has 0 aromatic heterocycles. The van der Waals surface area contributed by atoms with Gasteiger partial charge in [0.2, 0.25) is 11.8 Å². The predicted molar refractivity (Wildman–Crippen MR) is 62.0 cm³/mol. The Balaban J connectivity index is 0.00000289. The van der Waals surface area contributed by atoms with Crippen LogP contribution in [-0.2, 0) is 0 Å². The highest BCUT2D eigenvalue weighted by Gasteiger charge is 2.48. The minimum atomic E-state index is -3.05. The first-order chi connectivity index (χ1) is 7.64. The molecule has 1 aromatic carbocycles. The van der Waals surface area contributed by atoms with Crippen molar-refractivity contribution in [2.45, 2.75) is 12.0 Å². The van der Waals surface area contributed by atoms with Crippen LogP contribution in [0.25, 0.3) is 0 Å². The van der Waals surface area contributed by atoms with Crippen molar-refractivity contribution in [2.75, 3.05) is 21.1 Å². The van der Waals surface area contributed by atoms with Gasteiger partial charge in [-0.3, -0.25) is 4.79 Å². The topological polar surface area (TPSA) is 77.8 Å². The Hall–Kier alpha value is -0.540. The van der Waals surface area contributed by atoms with E-state index in [-0.39, 0.29) is 28.5 Å². The average Bonchev–Trinajstić information content (AvgIpc) is 2.14. The van der Waals surface area contributed by atoms with Crippen LogP contribution in [0.5, 0.6) is 0 Å². The summed E-state index contributed by atoms with van der Waals surface area (Å²) in [6.45, 7) is 0. The molecule has 0 aliphatic heterocycles. The average molecular weight is 367 g/mol. The SMILES string of the molecule is C[N+](C)(C)C(C(=O)c1ccccc1)C(O)(O)O.[I-]. The van der Waals surface area contributed by atoms with Crippen LogP contribution in [0.3, 0.4) is 0 Å². The van der Waals surface area contributed by atoms with Gasteiger partial charge in [0, 0.05) is 5.56 Å². The third kappa shape index (κ3) is 4.29. The number of hydrogen-bond donors (Lipinski definition) is 3. The molecular weight excluding hydrogens is 349 g/mol. The monoisotopic (exact) mass is 367 g/mol. The van der Waals surface area contributed by atoms with Crippen molar-refractivity contribution in [3.8, 4) is 0 Å². The van der Waals surface area contributed by atoms with Gasteiger partial charge in [-0.2, -0.15) is 0 Å². The Kier molecular flexibility index (Phi) is 5.89. The van der Waals surface area contributed by atoms with E-state index in [2.05, 4.69) is 0 Å². The van der Waals surface area contributed by atoms with E-state index in [4.69, 9.17) is 0 Å². The van der Waals surface area contributed by atoms with Gasteiger partial charge in [-0.05, 0) is 0 Å². The molecule has 1 rings (SSSR count). The maximum atomic E-state index is 12.1. The molecule has 3 N–H and O–H groups in total. The molecule has 0 radical (unpaired) electrons. The number of likely N-dealkylation sites (N-methyl/N-ethyl adjacent to an activating group) is 1. The number of rotatable bonds is 4. The smallest absolute Gasteiger partial charge is 0.339 e. The summed E-state index contributed by atoms with van der Waals surface area (Å²) in [5, 5.41) is 28.0. The van der Waals surface area contributed by atoms with Crippen LogP contribution < -0.4 is 24.0 Å². The van der Waals surface area contributed by atoms with E-state index in [1.54, 1.807) is 51.5 Å². The van der Waals surface area contributed by atoms with Crippen LogP contribution in [0.15, 0.2) is 30.3 Å². The minimum Gasteiger partial charge on any atom is -1.00 e. The Morgan fingerprint density at radius 3 is 1.89 bits per heavy atom. The highest BCUT2D eigenvalue weighted by atomic mass is 127. The van der Waals surface area contributed by atoms with Gasteiger partial charge in [-0.15, -0.1) is 0 Å². The highest BCUT2D eigenvalue weighted by Crippen LogP contribution is 2.19. The largest absolute Gasteiger partial charge is 1.00 e. The van der Waals surface area contributed by atoms with Crippen LogP contribution in [-0.4, -0.2) is 58.7 Å². The van der Waals surface area contributed by atoms with Crippen LogP contribution >= 0.6 is 0 Å². The summed E-state index contributed by atoms with van der Waals surface area (Å²) in [4.78, 5) is 12.1. The molecule has 18 heavy (non-hydrogen) atoms. The quantitative estimate of drug-likeness (QED) is 0.224. The maximum absolute atomic E-state index is 12.1. The fourth-order valence-corrected chi connectivity index (χ4v) is 1.81. The van der Waals surface area contributed by atoms with E-state index in [1.165, 1.54) is 0 Å². The number of carbonyl (C=O) groups excluding carboxylic acids is 1. The summed E-state index contributed by atoms with van der Waals surface area (Å²) in [6.07, 6.45) is 0. The van der Waals surface area contributed by atoms with Gasteiger partial charge < -0.3 is 43.8 Å². The van der Waals surface area contributed by atoms with E-state index in [9.17, 15) is 20.1 Å². The van der Waals surface area contributed by atoms with Crippen molar-refractivity contribution < 1.29 is 48.6 Å². The van der Waals surface area contributed by atoms with Crippen molar-refractivity contribution in [1.29, 1.82) is 0 Å². The van der Waals surface area contributed by atoms with Crippen molar-refractivity contribution in [1.82, 2.24) is 0 Å². The zero-order chi connectivity index (χ0) is 13.3. The number of benzene rings is 1. The summed E-state index contributed by atoms with van der Waals surface area (Å²) in [5.41, 5.74) is 0.326. The second-order valence-corrected chi connectivity index (χ2v) is 4.94. The molecule has 0 aliphatic rings. The zero-order valence-corrected chi connectivity index (χ0v) is 12.7. The van der Waals surface area contributed by atoms with Crippen LogP contribution in [0, 0.1) is 0 Å². The van der Waals surface area contributed by atoms with Crippen LogP contribution in [0.1, 0.15) is 10.4 Å². The number of nitrogens with zero attached hydrogens (tertiary/aromatic N) is 1. The maximum Gasteiger partial charge on any atom is 0.339 e. The molecule has 0 bridgehead atoms. The van der Waals surface area contributed by atoms with Crippen molar-refractivity contribution in [2.24, 2.45) is 0 Å². The van der Waals surface area contributed by atoms with Crippen molar-refractivity contribution in [3.05, 3.63) is 35.9 Å². The summed E-state index contributed by atoms with van der Waals surface area (Å²) in [5.74, 6) is -3.57. The number of hydrogen-bond acceptors (Lipinski definition) is 4. The molecule has 0 saturated heterocycles. The summed E-state index contributed by atoms with van der Waals surface area (Å²) in [7, 11) is 4.80. The van der Waals surface area contributed by atoms with Crippen molar-refractivity contribution >= 4 is 5.78 Å². The van der Waals surface area contributed by atoms with Crippen LogP contribution in [0.4, 0.5) is 0 Å². The first kappa shape index (κ1) is 17.5. The van der Waals surface area contributed by atoms with E-state index in [0.717, 1.165) is 0 Å². The molecule has 1 unspecified atom stereocenters. The number of quaternary nitrogens is 1. The van der Waals surface area contributed by atoms with Gasteiger partial charge in [-0.25, -0.2) is 0 Å². The van der Waals surface area contributed by atoms with Gasteiger partial charge in [0.05, 0.1) is 21.1 Å². The molecule has 1 atom stereocenters. The Morgan fingerprint density at radius 2 is 1.56 bits per heavy atom. The van der Waals surface area contributed by atoms with E-state index in [1.807, 2.05) is 0 Å². The van der Waals surface area contributed by atoms with Gasteiger partial charge in [0.1, 0.15) is 0 Å². The lowest BCUT2D eigenvalue weighted by molar-refractivity contribution is -0.902. The van der Waals surface area contributed by atoms with Gasteiger partial charge >= 0.3 is 5.97 Å². The second-order valence-electron chi connectivity index (χ2n) is 4.94. The predicted octanol–water partition coefficient (Wildman–Crippen LogP) is -3.42. The summed E-state index contributed by atoms with van der Waals surface area (Å²) < 4.78 is -0.1000. The number of Topliss-reactive ketones (excluding diaryl/α,β-unsaturated/α-hetero) is 1. The first-order valence-electron chi connectivity index (χ1n) is 5.21. The molecule has 1 aromatic rings. The van der Waals surface area contributed by atoms with Gasteiger partial charge in [0.15, 0.2) is 0 Å². The van der Waals surface area contributed by atoms with Crippen molar-refractivity contribution in [3.63, 3.8) is 0 Å². The molecule has 0 fully saturated rings. The standard InChI is InChI=1S/C12H18NO4.HI/c1-13(2,3)11(12(15,16)17)10(14)9-7-5-4-6-8-9;/h4-8,11,15-17H,1-3H3;1H/q+1;/p-1. The lowest BCUT2D eigenvalue weighted by atomic mass is 10.00. The normalized spacial score (nSPS) is 13.7. The fraction of sp³-hybridized carbons (Fsp3) is 0.417. The van der Waals surface area contributed by atoms with Gasteiger partial charge in [0.25, 0.3) is 0 Å². The Morgan fingerprint density at radius 1 is 1.11 bits per heavy atom. The van der Waals surface area contributed by atoms with E-state index in [0.29, 0.717) is 5.56 Å². The minimum absolute atomic E-state index is 0. The molecular formula is C12H18INO4. The number of carbonyl (C=O) groups is 1. The number of ketones is 1. The zero-order valence-electron chi connectivity index (χ0n) is 10.5. The number of aliphatic hydroxyl groups is 3. The van der Waals surface area contributed by atoms with Gasteiger partial charge in [-0.1, -0.05) is 30.3 Å². The Labute approximate surface area is 123 Å². The first-order valence-corrected chi connectivity index (χ1v) is 5.21. The third-order valence-electron chi connectivity index (χ3n) is 2.45.